The van der Waals surface area contributed by atoms with Crippen LogP contribution in [0.15, 0.2) is 48.8 Å². The average molecular weight is 250 g/mol. The van der Waals surface area contributed by atoms with Crippen LogP contribution in [0.1, 0.15) is 31.5 Å². The Morgan fingerprint density at radius 1 is 1.47 bits per heavy atom. The van der Waals surface area contributed by atoms with Crippen molar-refractivity contribution in [3.8, 4) is 0 Å². The molecule has 1 aliphatic carbocycles. The lowest BCUT2D eigenvalue weighted by molar-refractivity contribution is 0.734. The van der Waals surface area contributed by atoms with E-state index in [4.69, 9.17) is 0 Å². The second-order valence-corrected chi connectivity index (χ2v) is 5.22. The van der Waals surface area contributed by atoms with E-state index in [2.05, 4.69) is 60.3 Å². The summed E-state index contributed by atoms with van der Waals surface area (Å²) in [5.41, 5.74) is 5.89. The molecule has 3 rings (SSSR count). The SMILES string of the molecule is C=Cc1ccn2c(C3=CC(C)CC=C3C)cnc2c1. The maximum Gasteiger partial charge on any atom is 0.137 e. The molecule has 0 aliphatic heterocycles. The molecule has 19 heavy (non-hydrogen) atoms. The zero-order valence-corrected chi connectivity index (χ0v) is 11.4. The van der Waals surface area contributed by atoms with Gasteiger partial charge in [0.15, 0.2) is 0 Å². The number of imidazole rings is 1. The van der Waals surface area contributed by atoms with E-state index in [1.54, 1.807) is 0 Å². The summed E-state index contributed by atoms with van der Waals surface area (Å²) >= 11 is 0. The lowest BCUT2D eigenvalue weighted by atomic mass is 9.91. The van der Waals surface area contributed by atoms with Gasteiger partial charge in [-0.1, -0.05) is 31.7 Å². The molecule has 0 spiro atoms. The molecule has 2 heteroatoms. The number of aromatic nitrogens is 2. The van der Waals surface area contributed by atoms with Crippen LogP contribution >= 0.6 is 0 Å². The van der Waals surface area contributed by atoms with E-state index < -0.39 is 0 Å². The Hall–Kier alpha value is -2.09. The lowest BCUT2D eigenvalue weighted by Gasteiger charge is -2.17. The number of fused-ring (bicyclic) bond motifs is 1. The summed E-state index contributed by atoms with van der Waals surface area (Å²) in [7, 11) is 0. The Balaban J connectivity index is 2.16. The molecular formula is C17H18N2. The Morgan fingerprint density at radius 2 is 2.32 bits per heavy atom. The molecule has 2 aromatic rings. The van der Waals surface area contributed by atoms with Crippen molar-refractivity contribution in [1.82, 2.24) is 9.38 Å². The minimum Gasteiger partial charge on any atom is -0.300 e. The second kappa shape index (κ2) is 4.54. The predicted octanol–water partition coefficient (Wildman–Crippen LogP) is 4.35. The monoisotopic (exact) mass is 250 g/mol. The van der Waals surface area contributed by atoms with Gasteiger partial charge < -0.3 is 0 Å². The molecule has 0 saturated heterocycles. The fourth-order valence-electron chi connectivity index (χ4n) is 2.57. The van der Waals surface area contributed by atoms with Crippen molar-refractivity contribution < 1.29 is 0 Å². The maximum atomic E-state index is 4.51. The highest BCUT2D eigenvalue weighted by Gasteiger charge is 2.15. The summed E-state index contributed by atoms with van der Waals surface area (Å²) in [5, 5.41) is 0. The van der Waals surface area contributed by atoms with Crippen molar-refractivity contribution in [3.05, 3.63) is 60.1 Å². The number of pyridine rings is 1. The van der Waals surface area contributed by atoms with Gasteiger partial charge in [0, 0.05) is 6.20 Å². The fraction of sp³-hybridized carbons (Fsp3) is 0.235. The molecular weight excluding hydrogens is 232 g/mol. The molecule has 0 radical (unpaired) electrons. The molecule has 0 aromatic carbocycles. The molecule has 1 atom stereocenters. The fourth-order valence-corrected chi connectivity index (χ4v) is 2.57. The smallest absolute Gasteiger partial charge is 0.137 e. The van der Waals surface area contributed by atoms with Gasteiger partial charge in [-0.2, -0.15) is 0 Å². The first-order valence-electron chi connectivity index (χ1n) is 6.68. The van der Waals surface area contributed by atoms with E-state index in [0.29, 0.717) is 5.92 Å². The molecule has 1 unspecified atom stereocenters. The van der Waals surface area contributed by atoms with E-state index in [0.717, 1.165) is 17.6 Å². The normalized spacial score (nSPS) is 19.2. The minimum absolute atomic E-state index is 0.594. The first-order valence-corrected chi connectivity index (χ1v) is 6.68. The van der Waals surface area contributed by atoms with E-state index >= 15 is 0 Å². The average Bonchev–Trinajstić information content (AvgIpc) is 2.84. The molecule has 0 saturated carbocycles. The lowest BCUT2D eigenvalue weighted by Crippen LogP contribution is -2.01. The highest BCUT2D eigenvalue weighted by molar-refractivity contribution is 5.79. The number of hydrogen-bond acceptors (Lipinski definition) is 1. The van der Waals surface area contributed by atoms with Crippen LogP contribution in [-0.2, 0) is 0 Å². The highest BCUT2D eigenvalue weighted by Crippen LogP contribution is 2.30. The van der Waals surface area contributed by atoms with Crippen LogP contribution in [0.3, 0.4) is 0 Å². The van der Waals surface area contributed by atoms with Crippen molar-refractivity contribution in [3.63, 3.8) is 0 Å². The van der Waals surface area contributed by atoms with Crippen molar-refractivity contribution in [2.24, 2.45) is 5.92 Å². The summed E-state index contributed by atoms with van der Waals surface area (Å²) in [6.07, 6.45) is 11.7. The zero-order valence-electron chi connectivity index (χ0n) is 11.4. The molecule has 0 bridgehead atoms. The summed E-state index contributed by atoms with van der Waals surface area (Å²) in [4.78, 5) is 4.51. The third-order valence-electron chi connectivity index (χ3n) is 3.72. The van der Waals surface area contributed by atoms with Crippen LogP contribution < -0.4 is 0 Å². The quantitative estimate of drug-likeness (QED) is 0.774. The van der Waals surface area contributed by atoms with Crippen LogP contribution in [0.4, 0.5) is 0 Å². The Labute approximate surface area is 113 Å². The van der Waals surface area contributed by atoms with Gasteiger partial charge in [0.1, 0.15) is 5.65 Å². The highest BCUT2D eigenvalue weighted by atomic mass is 15.0. The summed E-state index contributed by atoms with van der Waals surface area (Å²) in [6.45, 7) is 8.23. The Kier molecular flexibility index (Phi) is 2.86. The topological polar surface area (TPSA) is 17.3 Å². The predicted molar refractivity (Wildman–Crippen MR) is 80.8 cm³/mol. The van der Waals surface area contributed by atoms with E-state index in [-0.39, 0.29) is 0 Å². The first-order chi connectivity index (χ1) is 9.19. The van der Waals surface area contributed by atoms with Crippen LogP contribution in [0.25, 0.3) is 17.3 Å². The molecule has 2 aromatic heterocycles. The summed E-state index contributed by atoms with van der Waals surface area (Å²) in [5.74, 6) is 0.594. The zero-order chi connectivity index (χ0) is 13.4. The molecule has 96 valence electrons. The van der Waals surface area contributed by atoms with Gasteiger partial charge >= 0.3 is 0 Å². The molecule has 0 fully saturated rings. The van der Waals surface area contributed by atoms with Gasteiger partial charge in [-0.25, -0.2) is 4.98 Å². The van der Waals surface area contributed by atoms with Crippen molar-refractivity contribution in [1.29, 1.82) is 0 Å². The van der Waals surface area contributed by atoms with Gasteiger partial charge in [0.2, 0.25) is 0 Å². The van der Waals surface area contributed by atoms with Gasteiger partial charge in [-0.15, -0.1) is 0 Å². The molecule has 1 aliphatic rings. The van der Waals surface area contributed by atoms with Gasteiger partial charge in [0.05, 0.1) is 11.9 Å². The van der Waals surface area contributed by atoms with Crippen LogP contribution in [0.2, 0.25) is 0 Å². The van der Waals surface area contributed by atoms with E-state index in [1.165, 1.54) is 16.8 Å². The second-order valence-electron chi connectivity index (χ2n) is 5.22. The third kappa shape index (κ3) is 2.03. The maximum absolute atomic E-state index is 4.51. The third-order valence-corrected chi connectivity index (χ3v) is 3.72. The number of rotatable bonds is 2. The number of hydrogen-bond donors (Lipinski definition) is 0. The largest absolute Gasteiger partial charge is 0.300 e. The van der Waals surface area contributed by atoms with Crippen molar-refractivity contribution in [2.45, 2.75) is 20.3 Å². The van der Waals surface area contributed by atoms with Crippen LogP contribution in [0, 0.1) is 5.92 Å². The minimum atomic E-state index is 0.594. The summed E-state index contributed by atoms with van der Waals surface area (Å²) in [6, 6.07) is 4.12. The van der Waals surface area contributed by atoms with Crippen LogP contribution in [-0.4, -0.2) is 9.38 Å². The molecule has 0 N–H and O–H groups in total. The number of allylic oxidation sites excluding steroid dienone is 4. The van der Waals surface area contributed by atoms with Crippen LogP contribution in [0.5, 0.6) is 0 Å². The molecule has 0 amide bonds. The number of nitrogens with zero attached hydrogens (tertiary/aromatic N) is 2. The van der Waals surface area contributed by atoms with E-state index in [9.17, 15) is 0 Å². The Bertz CT molecular complexity index is 701. The van der Waals surface area contributed by atoms with E-state index in [1.807, 2.05) is 12.3 Å². The van der Waals surface area contributed by atoms with Gasteiger partial charge in [0.25, 0.3) is 0 Å². The van der Waals surface area contributed by atoms with Gasteiger partial charge in [-0.05, 0) is 48.1 Å². The van der Waals surface area contributed by atoms with Crippen molar-refractivity contribution in [2.75, 3.05) is 0 Å². The summed E-state index contributed by atoms with van der Waals surface area (Å²) < 4.78 is 2.15. The Morgan fingerprint density at radius 3 is 3.11 bits per heavy atom. The van der Waals surface area contributed by atoms with Crippen molar-refractivity contribution >= 4 is 17.3 Å². The molecule has 2 nitrogen and oxygen atoms in total. The standard InChI is InChI=1S/C17H18N2/c1-4-14-7-8-19-16(11-18-17(19)10-14)15-9-12(2)5-6-13(15)3/h4,6-12H,1,5H2,2-3H3. The molecule has 2 heterocycles. The first kappa shape index (κ1) is 12.0. The van der Waals surface area contributed by atoms with Gasteiger partial charge in [-0.3, -0.25) is 4.40 Å².